The Bertz CT molecular complexity index is 561. The molecule has 20 heavy (non-hydrogen) atoms. The summed E-state index contributed by atoms with van der Waals surface area (Å²) in [6, 6.07) is 8.11. The number of hydrogen-bond acceptors (Lipinski definition) is 4. The maximum absolute atomic E-state index is 11.0. The number of likely N-dealkylation sites (tertiary alicyclic amines) is 1. The third-order valence-corrected chi connectivity index (χ3v) is 4.22. The quantitative estimate of drug-likeness (QED) is 0.779. The van der Waals surface area contributed by atoms with E-state index in [1.165, 1.54) is 0 Å². The van der Waals surface area contributed by atoms with E-state index in [9.17, 15) is 8.42 Å². The van der Waals surface area contributed by atoms with Gasteiger partial charge in [-0.1, -0.05) is 6.07 Å². The standard InChI is InChI=1S/C13H22N4O2S/c1-10-8-12(6-7-17(10)2)15-11-4-3-5-13(9-11)16-20(14,18)19/h3-5,9-10,12,15-16H,6-8H2,1-2H3,(H2,14,18,19). The normalized spacial score (nSPS) is 24.4. The average Bonchev–Trinajstić information content (AvgIpc) is 2.32. The van der Waals surface area contributed by atoms with Gasteiger partial charge in [-0.3, -0.25) is 4.72 Å². The van der Waals surface area contributed by atoms with E-state index in [1.54, 1.807) is 18.2 Å². The lowest BCUT2D eigenvalue weighted by molar-refractivity contribution is 0.190. The zero-order chi connectivity index (χ0) is 14.8. The molecule has 1 aromatic rings. The van der Waals surface area contributed by atoms with E-state index in [0.29, 0.717) is 17.8 Å². The fraction of sp³-hybridized carbons (Fsp3) is 0.538. The van der Waals surface area contributed by atoms with Crippen molar-refractivity contribution >= 4 is 21.6 Å². The molecule has 2 rings (SSSR count). The Morgan fingerprint density at radius 2 is 2.05 bits per heavy atom. The Morgan fingerprint density at radius 3 is 2.70 bits per heavy atom. The molecule has 7 heteroatoms. The molecule has 1 aromatic carbocycles. The highest BCUT2D eigenvalue weighted by atomic mass is 32.2. The Labute approximate surface area is 120 Å². The molecule has 6 nitrogen and oxygen atoms in total. The van der Waals surface area contributed by atoms with Crippen molar-refractivity contribution in [3.05, 3.63) is 24.3 Å². The van der Waals surface area contributed by atoms with Crippen LogP contribution in [0, 0.1) is 0 Å². The molecule has 1 saturated heterocycles. The molecule has 112 valence electrons. The van der Waals surface area contributed by atoms with Gasteiger partial charge in [-0.15, -0.1) is 0 Å². The fourth-order valence-electron chi connectivity index (χ4n) is 2.49. The van der Waals surface area contributed by atoms with Gasteiger partial charge in [0.25, 0.3) is 10.2 Å². The summed E-state index contributed by atoms with van der Waals surface area (Å²) >= 11 is 0. The van der Waals surface area contributed by atoms with Gasteiger partial charge in [-0.2, -0.15) is 8.42 Å². The van der Waals surface area contributed by atoms with Crippen LogP contribution in [0.15, 0.2) is 24.3 Å². The first-order valence-corrected chi connectivity index (χ1v) is 8.25. The van der Waals surface area contributed by atoms with E-state index in [4.69, 9.17) is 5.14 Å². The van der Waals surface area contributed by atoms with Gasteiger partial charge < -0.3 is 10.2 Å². The molecule has 0 bridgehead atoms. The van der Waals surface area contributed by atoms with Gasteiger partial charge >= 0.3 is 0 Å². The van der Waals surface area contributed by atoms with Crippen molar-refractivity contribution in [2.75, 3.05) is 23.6 Å². The van der Waals surface area contributed by atoms with Crippen LogP contribution in [0.3, 0.4) is 0 Å². The van der Waals surface area contributed by atoms with E-state index in [1.807, 2.05) is 6.07 Å². The smallest absolute Gasteiger partial charge is 0.296 e. The van der Waals surface area contributed by atoms with Gasteiger partial charge in [-0.25, -0.2) is 5.14 Å². The minimum Gasteiger partial charge on any atom is -0.382 e. The molecule has 4 N–H and O–H groups in total. The van der Waals surface area contributed by atoms with Crippen LogP contribution >= 0.6 is 0 Å². The monoisotopic (exact) mass is 298 g/mol. The topological polar surface area (TPSA) is 87.5 Å². The van der Waals surface area contributed by atoms with E-state index in [2.05, 4.69) is 28.9 Å². The highest BCUT2D eigenvalue weighted by Gasteiger charge is 2.22. The van der Waals surface area contributed by atoms with Crippen LogP contribution < -0.4 is 15.2 Å². The van der Waals surface area contributed by atoms with Crippen LogP contribution in [0.25, 0.3) is 0 Å². The van der Waals surface area contributed by atoms with Crippen molar-refractivity contribution in [1.29, 1.82) is 0 Å². The highest BCUT2D eigenvalue weighted by Crippen LogP contribution is 2.22. The zero-order valence-corrected chi connectivity index (χ0v) is 12.7. The Balaban J connectivity index is 2.01. The summed E-state index contributed by atoms with van der Waals surface area (Å²) in [5.74, 6) is 0. The molecule has 0 saturated carbocycles. The number of nitrogens with two attached hydrogens (primary N) is 1. The van der Waals surface area contributed by atoms with Crippen molar-refractivity contribution in [2.24, 2.45) is 5.14 Å². The van der Waals surface area contributed by atoms with Gasteiger partial charge in [0.05, 0.1) is 5.69 Å². The maximum Gasteiger partial charge on any atom is 0.296 e. The Hall–Kier alpha value is -1.31. The summed E-state index contributed by atoms with van der Waals surface area (Å²) in [5, 5.41) is 8.43. The van der Waals surface area contributed by atoms with Crippen LogP contribution in [0.1, 0.15) is 19.8 Å². The Morgan fingerprint density at radius 1 is 1.35 bits per heavy atom. The zero-order valence-electron chi connectivity index (χ0n) is 11.8. The van der Waals surface area contributed by atoms with E-state index < -0.39 is 10.2 Å². The largest absolute Gasteiger partial charge is 0.382 e. The number of hydrogen-bond donors (Lipinski definition) is 3. The molecule has 1 heterocycles. The van der Waals surface area contributed by atoms with E-state index in [0.717, 1.165) is 25.1 Å². The van der Waals surface area contributed by atoms with Gasteiger partial charge in [0, 0.05) is 24.3 Å². The first kappa shape index (κ1) is 15.1. The van der Waals surface area contributed by atoms with Crippen molar-refractivity contribution < 1.29 is 8.42 Å². The van der Waals surface area contributed by atoms with Crippen molar-refractivity contribution in [3.63, 3.8) is 0 Å². The molecule has 1 aliphatic rings. The molecule has 2 atom stereocenters. The molecule has 0 amide bonds. The molecular weight excluding hydrogens is 276 g/mol. The third-order valence-electron chi connectivity index (χ3n) is 3.70. The van der Waals surface area contributed by atoms with Gasteiger partial charge in [0.1, 0.15) is 0 Å². The predicted octanol–water partition coefficient (Wildman–Crippen LogP) is 1.20. The Kier molecular flexibility index (Phi) is 4.52. The summed E-state index contributed by atoms with van der Waals surface area (Å²) in [7, 11) is -1.59. The number of piperidine rings is 1. The fourth-order valence-corrected chi connectivity index (χ4v) is 2.95. The molecule has 0 radical (unpaired) electrons. The predicted molar refractivity (Wildman–Crippen MR) is 81.9 cm³/mol. The second kappa shape index (κ2) is 5.99. The van der Waals surface area contributed by atoms with Crippen LogP contribution in [0.2, 0.25) is 0 Å². The first-order chi connectivity index (χ1) is 9.33. The lowest BCUT2D eigenvalue weighted by Gasteiger charge is -2.35. The van der Waals surface area contributed by atoms with Crippen LogP contribution in [-0.4, -0.2) is 39.0 Å². The summed E-state index contributed by atoms with van der Waals surface area (Å²) in [4.78, 5) is 2.34. The summed E-state index contributed by atoms with van der Waals surface area (Å²) in [6.07, 6.45) is 2.15. The van der Waals surface area contributed by atoms with Crippen LogP contribution in [-0.2, 0) is 10.2 Å². The van der Waals surface area contributed by atoms with Crippen LogP contribution in [0.5, 0.6) is 0 Å². The molecule has 1 aliphatic heterocycles. The third kappa shape index (κ3) is 4.36. The van der Waals surface area contributed by atoms with Gasteiger partial charge in [0.2, 0.25) is 0 Å². The van der Waals surface area contributed by atoms with Crippen molar-refractivity contribution in [1.82, 2.24) is 4.90 Å². The highest BCUT2D eigenvalue weighted by molar-refractivity contribution is 7.90. The minimum absolute atomic E-state index is 0.408. The molecule has 0 aliphatic carbocycles. The van der Waals surface area contributed by atoms with E-state index >= 15 is 0 Å². The number of nitrogens with one attached hydrogen (secondary N) is 2. The maximum atomic E-state index is 11.0. The molecule has 0 aromatic heterocycles. The molecule has 0 spiro atoms. The lowest BCUT2D eigenvalue weighted by atomic mass is 9.98. The van der Waals surface area contributed by atoms with E-state index in [-0.39, 0.29) is 0 Å². The van der Waals surface area contributed by atoms with Crippen molar-refractivity contribution in [2.45, 2.75) is 31.8 Å². The van der Waals surface area contributed by atoms with Gasteiger partial charge in [0.15, 0.2) is 0 Å². The van der Waals surface area contributed by atoms with Gasteiger partial charge in [-0.05, 0) is 45.0 Å². The number of benzene rings is 1. The summed E-state index contributed by atoms with van der Waals surface area (Å²) in [5.41, 5.74) is 1.37. The van der Waals surface area contributed by atoms with Crippen LogP contribution in [0.4, 0.5) is 11.4 Å². The number of anilines is 2. The average molecular weight is 298 g/mol. The SMILES string of the molecule is CC1CC(Nc2cccc(NS(N)(=O)=O)c2)CCN1C. The molecular formula is C13H22N4O2S. The second-order valence-electron chi connectivity index (χ2n) is 5.42. The summed E-state index contributed by atoms with van der Waals surface area (Å²) in [6.45, 7) is 3.28. The van der Waals surface area contributed by atoms with Crippen molar-refractivity contribution in [3.8, 4) is 0 Å². The first-order valence-electron chi connectivity index (χ1n) is 6.71. The number of rotatable bonds is 4. The summed E-state index contributed by atoms with van der Waals surface area (Å²) < 4.78 is 24.3. The minimum atomic E-state index is -3.73. The molecule has 1 fully saturated rings. The number of nitrogens with zero attached hydrogens (tertiary/aromatic N) is 1. The second-order valence-corrected chi connectivity index (χ2v) is 6.72. The molecule has 2 unspecified atom stereocenters. The lowest BCUT2D eigenvalue weighted by Crippen LogP contribution is -2.42.